The van der Waals surface area contributed by atoms with Gasteiger partial charge in [0, 0.05) is 36.8 Å². The lowest BCUT2D eigenvalue weighted by Crippen LogP contribution is -2.29. The van der Waals surface area contributed by atoms with Gasteiger partial charge in [-0.1, -0.05) is 6.07 Å². The predicted molar refractivity (Wildman–Crippen MR) is 70.8 cm³/mol. The number of nitrogens with two attached hydrogens (primary N) is 1. The average molecular weight is 250 g/mol. The minimum atomic E-state index is 0.228. The fourth-order valence-corrected chi connectivity index (χ4v) is 2.71. The third kappa shape index (κ3) is 2.94. The Balaban J connectivity index is 2.07. The lowest BCUT2D eigenvalue weighted by molar-refractivity contribution is 0.244. The van der Waals surface area contributed by atoms with E-state index in [-0.39, 0.29) is 6.04 Å². The van der Waals surface area contributed by atoms with E-state index in [0.29, 0.717) is 6.54 Å². The van der Waals surface area contributed by atoms with Crippen molar-refractivity contribution in [2.45, 2.75) is 12.6 Å². The second kappa shape index (κ2) is 5.44. The molecular weight excluding hydrogens is 232 g/mol. The van der Waals surface area contributed by atoms with Crippen molar-refractivity contribution in [1.82, 2.24) is 14.7 Å². The van der Waals surface area contributed by atoms with Crippen LogP contribution in [0.4, 0.5) is 0 Å². The van der Waals surface area contributed by atoms with Crippen molar-refractivity contribution in [3.63, 3.8) is 0 Å². The van der Waals surface area contributed by atoms with Crippen LogP contribution >= 0.6 is 11.3 Å². The first-order chi connectivity index (χ1) is 8.20. The van der Waals surface area contributed by atoms with E-state index in [2.05, 4.69) is 34.6 Å². The van der Waals surface area contributed by atoms with Crippen molar-refractivity contribution in [2.24, 2.45) is 12.8 Å². The molecule has 0 bridgehead atoms. The lowest BCUT2D eigenvalue weighted by Gasteiger charge is -2.25. The number of aryl methyl sites for hydroxylation is 1. The fourth-order valence-electron chi connectivity index (χ4n) is 1.94. The topological polar surface area (TPSA) is 47.1 Å². The van der Waals surface area contributed by atoms with E-state index in [9.17, 15) is 0 Å². The van der Waals surface area contributed by atoms with Gasteiger partial charge < -0.3 is 5.73 Å². The third-order valence-corrected chi connectivity index (χ3v) is 3.71. The zero-order chi connectivity index (χ0) is 12.3. The summed E-state index contributed by atoms with van der Waals surface area (Å²) in [6, 6.07) is 4.46. The minimum absolute atomic E-state index is 0.228. The van der Waals surface area contributed by atoms with Crippen molar-refractivity contribution in [2.75, 3.05) is 13.6 Å². The van der Waals surface area contributed by atoms with Crippen molar-refractivity contribution >= 4 is 11.3 Å². The Morgan fingerprint density at radius 3 is 2.94 bits per heavy atom. The van der Waals surface area contributed by atoms with Gasteiger partial charge in [-0.3, -0.25) is 9.58 Å². The largest absolute Gasteiger partial charge is 0.329 e. The van der Waals surface area contributed by atoms with Crippen molar-refractivity contribution < 1.29 is 0 Å². The number of hydrogen-bond donors (Lipinski definition) is 1. The Bertz CT molecular complexity index is 449. The monoisotopic (exact) mass is 250 g/mol. The van der Waals surface area contributed by atoms with Gasteiger partial charge in [-0.15, -0.1) is 11.3 Å². The van der Waals surface area contributed by atoms with Crippen LogP contribution in [-0.4, -0.2) is 28.3 Å². The van der Waals surface area contributed by atoms with Gasteiger partial charge in [0.2, 0.25) is 0 Å². The molecule has 0 saturated carbocycles. The molecule has 0 spiro atoms. The summed E-state index contributed by atoms with van der Waals surface area (Å²) in [5.41, 5.74) is 7.04. The summed E-state index contributed by atoms with van der Waals surface area (Å²) in [5, 5.41) is 6.30. The fraction of sp³-hybridized carbons (Fsp3) is 0.417. The summed E-state index contributed by atoms with van der Waals surface area (Å²) in [6.45, 7) is 1.53. The molecule has 1 atom stereocenters. The van der Waals surface area contributed by atoms with Crippen molar-refractivity contribution in [3.8, 4) is 0 Å². The second-order valence-electron chi connectivity index (χ2n) is 4.19. The van der Waals surface area contributed by atoms with Crippen LogP contribution < -0.4 is 5.73 Å². The van der Waals surface area contributed by atoms with E-state index in [1.807, 2.05) is 24.1 Å². The Labute approximate surface area is 106 Å². The van der Waals surface area contributed by atoms with Gasteiger partial charge >= 0.3 is 0 Å². The van der Waals surface area contributed by atoms with Gasteiger partial charge in [0.05, 0.1) is 12.2 Å². The zero-order valence-electron chi connectivity index (χ0n) is 10.2. The number of hydrogen-bond acceptors (Lipinski definition) is 4. The lowest BCUT2D eigenvalue weighted by atomic mass is 10.1. The summed E-state index contributed by atoms with van der Waals surface area (Å²) < 4.78 is 1.82. The highest BCUT2D eigenvalue weighted by Crippen LogP contribution is 2.21. The molecule has 0 amide bonds. The molecule has 5 heteroatoms. The maximum absolute atomic E-state index is 5.87. The molecule has 2 rings (SSSR count). The molecule has 0 aliphatic carbocycles. The van der Waals surface area contributed by atoms with Crippen LogP contribution in [0.5, 0.6) is 0 Å². The molecule has 0 aromatic carbocycles. The molecular formula is C12H18N4S. The SMILES string of the molecule is CN(Cc1cccs1)C(CN)c1cnn(C)c1. The van der Waals surface area contributed by atoms with E-state index < -0.39 is 0 Å². The van der Waals surface area contributed by atoms with Crippen LogP contribution in [0.3, 0.4) is 0 Å². The van der Waals surface area contributed by atoms with Crippen LogP contribution in [-0.2, 0) is 13.6 Å². The Morgan fingerprint density at radius 1 is 1.59 bits per heavy atom. The summed E-state index contributed by atoms with van der Waals surface area (Å²) in [7, 11) is 4.03. The maximum atomic E-state index is 5.87. The molecule has 0 radical (unpaired) electrons. The number of thiophene rings is 1. The van der Waals surface area contributed by atoms with E-state index in [1.54, 1.807) is 11.3 Å². The Morgan fingerprint density at radius 2 is 2.41 bits per heavy atom. The molecule has 1 unspecified atom stereocenters. The van der Waals surface area contributed by atoms with Gasteiger partial charge in [0.25, 0.3) is 0 Å². The summed E-state index contributed by atoms with van der Waals surface area (Å²) in [5.74, 6) is 0. The quantitative estimate of drug-likeness (QED) is 0.877. The highest BCUT2D eigenvalue weighted by Gasteiger charge is 2.17. The molecule has 0 aliphatic rings. The summed E-state index contributed by atoms with van der Waals surface area (Å²) in [6.07, 6.45) is 3.92. The maximum Gasteiger partial charge on any atom is 0.0538 e. The molecule has 2 aromatic rings. The highest BCUT2D eigenvalue weighted by molar-refractivity contribution is 7.09. The van der Waals surface area contributed by atoms with Crippen LogP contribution in [0, 0.1) is 0 Å². The molecule has 92 valence electrons. The van der Waals surface area contributed by atoms with Gasteiger partial charge in [0.15, 0.2) is 0 Å². The first-order valence-corrected chi connectivity index (χ1v) is 6.50. The predicted octanol–water partition coefficient (Wildman–Crippen LogP) is 1.61. The standard InChI is InChI=1S/C12H18N4S/c1-15(9-11-4-3-5-17-11)12(6-13)10-7-14-16(2)8-10/h3-5,7-8,12H,6,9,13H2,1-2H3. The normalized spacial score (nSPS) is 13.2. The third-order valence-electron chi connectivity index (χ3n) is 2.85. The molecule has 17 heavy (non-hydrogen) atoms. The van der Waals surface area contributed by atoms with Gasteiger partial charge in [-0.05, 0) is 18.5 Å². The number of rotatable bonds is 5. The van der Waals surface area contributed by atoms with Crippen LogP contribution in [0.2, 0.25) is 0 Å². The zero-order valence-corrected chi connectivity index (χ0v) is 11.0. The van der Waals surface area contributed by atoms with Crippen LogP contribution in [0.25, 0.3) is 0 Å². The van der Waals surface area contributed by atoms with Gasteiger partial charge in [0.1, 0.15) is 0 Å². The van der Waals surface area contributed by atoms with Crippen molar-refractivity contribution in [3.05, 3.63) is 40.3 Å². The average Bonchev–Trinajstić information content (AvgIpc) is 2.91. The van der Waals surface area contributed by atoms with E-state index >= 15 is 0 Å². The Kier molecular flexibility index (Phi) is 3.93. The highest BCUT2D eigenvalue weighted by atomic mass is 32.1. The van der Waals surface area contributed by atoms with E-state index in [0.717, 1.165) is 6.54 Å². The van der Waals surface area contributed by atoms with E-state index in [4.69, 9.17) is 5.73 Å². The first kappa shape index (κ1) is 12.3. The molecule has 0 fully saturated rings. The van der Waals surface area contributed by atoms with Gasteiger partial charge in [-0.2, -0.15) is 5.10 Å². The van der Waals surface area contributed by atoms with Crippen LogP contribution in [0.1, 0.15) is 16.5 Å². The van der Waals surface area contributed by atoms with Gasteiger partial charge in [-0.25, -0.2) is 0 Å². The number of likely N-dealkylation sites (N-methyl/N-ethyl adjacent to an activating group) is 1. The molecule has 0 aliphatic heterocycles. The molecule has 0 saturated heterocycles. The molecule has 2 heterocycles. The molecule has 4 nitrogen and oxygen atoms in total. The Hall–Kier alpha value is -1.17. The molecule has 2 aromatic heterocycles. The smallest absolute Gasteiger partial charge is 0.0538 e. The van der Waals surface area contributed by atoms with Crippen LogP contribution in [0.15, 0.2) is 29.9 Å². The number of nitrogens with zero attached hydrogens (tertiary/aromatic N) is 3. The summed E-state index contributed by atoms with van der Waals surface area (Å²) >= 11 is 1.78. The molecule has 2 N–H and O–H groups in total. The summed E-state index contributed by atoms with van der Waals surface area (Å²) in [4.78, 5) is 3.62. The second-order valence-corrected chi connectivity index (χ2v) is 5.23. The minimum Gasteiger partial charge on any atom is -0.329 e. The van der Waals surface area contributed by atoms with E-state index in [1.165, 1.54) is 10.4 Å². The van der Waals surface area contributed by atoms with Crippen molar-refractivity contribution in [1.29, 1.82) is 0 Å². The number of aromatic nitrogens is 2. The first-order valence-electron chi connectivity index (χ1n) is 5.62.